The lowest BCUT2D eigenvalue weighted by Crippen LogP contribution is -2.56. The van der Waals surface area contributed by atoms with E-state index in [0.717, 1.165) is 24.5 Å². The van der Waals surface area contributed by atoms with Crippen molar-refractivity contribution in [1.82, 2.24) is 4.90 Å². The number of piperazine rings is 1. The van der Waals surface area contributed by atoms with Crippen LogP contribution in [0.15, 0.2) is 24.3 Å². The van der Waals surface area contributed by atoms with Crippen molar-refractivity contribution in [2.24, 2.45) is 5.73 Å². The van der Waals surface area contributed by atoms with Gasteiger partial charge in [0.05, 0.1) is 13.2 Å². The molecule has 1 amide bonds. The Hall–Kier alpha value is -1.59. The number of methoxy groups -OCH3 is 1. The van der Waals surface area contributed by atoms with Crippen molar-refractivity contribution in [2.45, 2.75) is 13.0 Å². The van der Waals surface area contributed by atoms with Gasteiger partial charge >= 0.3 is 0 Å². The smallest absolute Gasteiger partial charge is 0.244 e. The van der Waals surface area contributed by atoms with E-state index in [0.29, 0.717) is 13.1 Å². The molecule has 0 bridgehead atoms. The van der Waals surface area contributed by atoms with Crippen molar-refractivity contribution >= 4 is 11.6 Å². The molecule has 5 nitrogen and oxygen atoms in total. The van der Waals surface area contributed by atoms with Crippen LogP contribution in [0.1, 0.15) is 6.92 Å². The number of anilines is 1. The highest BCUT2D eigenvalue weighted by atomic mass is 16.5. The van der Waals surface area contributed by atoms with Crippen molar-refractivity contribution < 1.29 is 9.53 Å². The molecule has 1 saturated heterocycles. The zero-order valence-corrected chi connectivity index (χ0v) is 11.5. The second-order valence-electron chi connectivity index (χ2n) is 4.69. The third-order valence-corrected chi connectivity index (χ3v) is 3.56. The standard InChI is InChI=1S/C14H21N3O2/c1-11-14(18)17(9-8-16(11)7-6-15)12-4-3-5-13(10-12)19-2/h3-5,10-11H,6-9,15H2,1-2H3. The minimum Gasteiger partial charge on any atom is -0.497 e. The van der Waals surface area contributed by atoms with Crippen molar-refractivity contribution in [3.63, 3.8) is 0 Å². The molecule has 2 rings (SSSR count). The number of amides is 1. The number of carbonyl (C=O) groups is 1. The minimum atomic E-state index is -0.122. The number of carbonyl (C=O) groups excluding carboxylic acids is 1. The summed E-state index contributed by atoms with van der Waals surface area (Å²) in [5.74, 6) is 0.885. The molecule has 1 heterocycles. The van der Waals surface area contributed by atoms with Crippen LogP contribution in [0.2, 0.25) is 0 Å². The second-order valence-corrected chi connectivity index (χ2v) is 4.69. The van der Waals surface area contributed by atoms with E-state index < -0.39 is 0 Å². The maximum Gasteiger partial charge on any atom is 0.244 e. The topological polar surface area (TPSA) is 58.8 Å². The third kappa shape index (κ3) is 2.88. The Morgan fingerprint density at radius 2 is 2.21 bits per heavy atom. The number of ether oxygens (including phenoxy) is 1. The van der Waals surface area contributed by atoms with Gasteiger partial charge in [0.15, 0.2) is 0 Å². The number of benzene rings is 1. The molecule has 1 aromatic carbocycles. The predicted octanol–water partition coefficient (Wildman–Crippen LogP) is 0.691. The number of nitrogens with zero attached hydrogens (tertiary/aromatic N) is 2. The first-order valence-corrected chi connectivity index (χ1v) is 6.57. The van der Waals surface area contributed by atoms with E-state index in [1.54, 1.807) is 7.11 Å². The SMILES string of the molecule is COc1cccc(N2CCN(CCN)C(C)C2=O)c1. The molecule has 1 aliphatic heterocycles. The van der Waals surface area contributed by atoms with Gasteiger partial charge in [-0.15, -0.1) is 0 Å². The van der Waals surface area contributed by atoms with Crippen LogP contribution in [0.5, 0.6) is 5.75 Å². The quantitative estimate of drug-likeness (QED) is 0.868. The Bertz CT molecular complexity index is 450. The monoisotopic (exact) mass is 263 g/mol. The Balaban J connectivity index is 2.15. The van der Waals surface area contributed by atoms with Crippen molar-refractivity contribution in [1.29, 1.82) is 0 Å². The van der Waals surface area contributed by atoms with Gasteiger partial charge < -0.3 is 15.4 Å². The molecule has 0 aliphatic carbocycles. The minimum absolute atomic E-state index is 0.118. The van der Waals surface area contributed by atoms with E-state index >= 15 is 0 Å². The third-order valence-electron chi connectivity index (χ3n) is 3.56. The van der Waals surface area contributed by atoms with Gasteiger partial charge in [0, 0.05) is 37.9 Å². The molecule has 0 radical (unpaired) electrons. The molecule has 5 heteroatoms. The summed E-state index contributed by atoms with van der Waals surface area (Å²) in [7, 11) is 1.63. The summed E-state index contributed by atoms with van der Waals surface area (Å²) in [6, 6.07) is 7.48. The summed E-state index contributed by atoms with van der Waals surface area (Å²) in [4.78, 5) is 16.4. The fourth-order valence-corrected chi connectivity index (χ4v) is 2.42. The Morgan fingerprint density at radius 3 is 2.89 bits per heavy atom. The van der Waals surface area contributed by atoms with Gasteiger partial charge in [0.1, 0.15) is 5.75 Å². The molecule has 1 atom stereocenters. The predicted molar refractivity (Wildman–Crippen MR) is 75.4 cm³/mol. The van der Waals surface area contributed by atoms with Gasteiger partial charge in [0.25, 0.3) is 0 Å². The summed E-state index contributed by atoms with van der Waals surface area (Å²) >= 11 is 0. The van der Waals surface area contributed by atoms with Crippen LogP contribution >= 0.6 is 0 Å². The highest BCUT2D eigenvalue weighted by molar-refractivity contribution is 5.97. The van der Waals surface area contributed by atoms with Gasteiger partial charge in [-0.1, -0.05) is 6.07 Å². The highest BCUT2D eigenvalue weighted by Gasteiger charge is 2.31. The average Bonchev–Trinajstić information content (AvgIpc) is 2.44. The fraction of sp³-hybridized carbons (Fsp3) is 0.500. The van der Waals surface area contributed by atoms with E-state index in [1.807, 2.05) is 36.1 Å². The van der Waals surface area contributed by atoms with Crippen LogP contribution in [-0.4, -0.2) is 50.1 Å². The highest BCUT2D eigenvalue weighted by Crippen LogP contribution is 2.24. The van der Waals surface area contributed by atoms with E-state index in [9.17, 15) is 4.79 Å². The maximum absolute atomic E-state index is 12.4. The Labute approximate surface area is 113 Å². The molecule has 2 N–H and O–H groups in total. The largest absolute Gasteiger partial charge is 0.497 e. The molecule has 1 fully saturated rings. The van der Waals surface area contributed by atoms with E-state index in [4.69, 9.17) is 10.5 Å². The Kier molecular flexibility index (Phi) is 4.39. The molecular weight excluding hydrogens is 242 g/mol. The van der Waals surface area contributed by atoms with Gasteiger partial charge in [0.2, 0.25) is 5.91 Å². The molecule has 0 saturated carbocycles. The first-order chi connectivity index (χ1) is 9.17. The summed E-state index contributed by atoms with van der Waals surface area (Å²) in [5.41, 5.74) is 6.46. The van der Waals surface area contributed by atoms with Crippen LogP contribution in [-0.2, 0) is 4.79 Å². The summed E-state index contributed by atoms with van der Waals surface area (Å²) in [5, 5.41) is 0. The number of hydrogen-bond acceptors (Lipinski definition) is 4. The fourth-order valence-electron chi connectivity index (χ4n) is 2.42. The molecular formula is C14H21N3O2. The normalized spacial score (nSPS) is 20.7. The van der Waals surface area contributed by atoms with Gasteiger partial charge in [-0.3, -0.25) is 9.69 Å². The van der Waals surface area contributed by atoms with Crippen LogP contribution < -0.4 is 15.4 Å². The summed E-state index contributed by atoms with van der Waals surface area (Å²) in [6.07, 6.45) is 0. The van der Waals surface area contributed by atoms with Crippen LogP contribution in [0, 0.1) is 0 Å². The summed E-state index contributed by atoms with van der Waals surface area (Å²) < 4.78 is 5.20. The maximum atomic E-state index is 12.4. The Morgan fingerprint density at radius 1 is 1.42 bits per heavy atom. The molecule has 0 spiro atoms. The lowest BCUT2D eigenvalue weighted by atomic mass is 10.1. The lowest BCUT2D eigenvalue weighted by molar-refractivity contribution is -0.125. The van der Waals surface area contributed by atoms with Crippen LogP contribution in [0.4, 0.5) is 5.69 Å². The van der Waals surface area contributed by atoms with E-state index in [-0.39, 0.29) is 11.9 Å². The zero-order valence-electron chi connectivity index (χ0n) is 11.5. The number of hydrogen-bond donors (Lipinski definition) is 1. The van der Waals surface area contributed by atoms with Gasteiger partial charge in [-0.25, -0.2) is 0 Å². The summed E-state index contributed by atoms with van der Waals surface area (Å²) in [6.45, 7) is 4.82. The van der Waals surface area contributed by atoms with Crippen molar-refractivity contribution in [2.75, 3.05) is 38.2 Å². The van der Waals surface area contributed by atoms with E-state index in [1.165, 1.54) is 0 Å². The van der Waals surface area contributed by atoms with Crippen molar-refractivity contribution in [3.05, 3.63) is 24.3 Å². The van der Waals surface area contributed by atoms with Crippen LogP contribution in [0.3, 0.4) is 0 Å². The average molecular weight is 263 g/mol. The number of rotatable bonds is 4. The molecule has 19 heavy (non-hydrogen) atoms. The van der Waals surface area contributed by atoms with Gasteiger partial charge in [-0.2, -0.15) is 0 Å². The first kappa shape index (κ1) is 13.8. The van der Waals surface area contributed by atoms with E-state index in [2.05, 4.69) is 4.90 Å². The first-order valence-electron chi connectivity index (χ1n) is 6.57. The van der Waals surface area contributed by atoms with Crippen LogP contribution in [0.25, 0.3) is 0 Å². The lowest BCUT2D eigenvalue weighted by Gasteiger charge is -2.39. The molecule has 104 valence electrons. The van der Waals surface area contributed by atoms with Crippen molar-refractivity contribution in [3.8, 4) is 5.75 Å². The van der Waals surface area contributed by atoms with Gasteiger partial charge in [-0.05, 0) is 19.1 Å². The molecule has 1 unspecified atom stereocenters. The number of nitrogens with two attached hydrogens (primary N) is 1. The zero-order chi connectivity index (χ0) is 13.8. The molecule has 0 aromatic heterocycles. The second kappa shape index (κ2) is 6.04. The molecule has 1 aromatic rings. The molecule has 1 aliphatic rings.